The molecule has 94 valence electrons. The van der Waals surface area contributed by atoms with E-state index in [2.05, 4.69) is 18.9 Å². The van der Waals surface area contributed by atoms with Gasteiger partial charge in [0.1, 0.15) is 0 Å². The summed E-state index contributed by atoms with van der Waals surface area (Å²) in [6.45, 7) is 3.75. The van der Waals surface area contributed by atoms with Gasteiger partial charge in [-0.05, 0) is 45.1 Å². The average Bonchev–Trinajstić information content (AvgIpc) is 2.53. The minimum absolute atomic E-state index is 0.253. The SMILES string of the molecule is CCCOCC(N)C1CC2CCC(C1)N2C. The Morgan fingerprint density at radius 3 is 2.50 bits per heavy atom. The molecule has 3 atom stereocenters. The lowest BCUT2D eigenvalue weighted by Gasteiger charge is -2.38. The van der Waals surface area contributed by atoms with Crippen LogP contribution in [-0.4, -0.2) is 43.3 Å². The Kier molecular flexibility index (Phi) is 4.22. The average molecular weight is 226 g/mol. The first-order valence-electron chi connectivity index (χ1n) is 6.77. The second kappa shape index (κ2) is 5.48. The second-order valence-corrected chi connectivity index (χ2v) is 5.52. The fourth-order valence-corrected chi connectivity index (χ4v) is 3.30. The van der Waals surface area contributed by atoms with E-state index in [1.54, 1.807) is 0 Å². The van der Waals surface area contributed by atoms with Crippen LogP contribution in [0.5, 0.6) is 0 Å². The van der Waals surface area contributed by atoms with Crippen molar-refractivity contribution >= 4 is 0 Å². The highest BCUT2D eigenvalue weighted by Gasteiger charge is 2.40. The molecule has 2 bridgehead atoms. The Labute approximate surface area is 99.3 Å². The lowest BCUT2D eigenvalue weighted by molar-refractivity contribution is 0.0688. The van der Waals surface area contributed by atoms with Crippen molar-refractivity contribution in [2.75, 3.05) is 20.3 Å². The molecule has 0 aromatic rings. The van der Waals surface area contributed by atoms with Crippen molar-refractivity contribution in [1.29, 1.82) is 0 Å². The Balaban J connectivity index is 1.78. The summed E-state index contributed by atoms with van der Waals surface area (Å²) in [5, 5.41) is 0. The Hall–Kier alpha value is -0.120. The molecule has 2 aliphatic rings. The molecule has 2 saturated heterocycles. The van der Waals surface area contributed by atoms with Crippen LogP contribution in [0.25, 0.3) is 0 Å². The number of hydrogen-bond donors (Lipinski definition) is 1. The summed E-state index contributed by atoms with van der Waals surface area (Å²) in [5.41, 5.74) is 6.24. The van der Waals surface area contributed by atoms with Crippen LogP contribution in [0.3, 0.4) is 0 Å². The predicted molar refractivity (Wildman–Crippen MR) is 66.4 cm³/mol. The minimum atomic E-state index is 0.253. The van der Waals surface area contributed by atoms with Crippen LogP contribution in [0.4, 0.5) is 0 Å². The minimum Gasteiger partial charge on any atom is -0.380 e. The van der Waals surface area contributed by atoms with Gasteiger partial charge in [-0.3, -0.25) is 0 Å². The van der Waals surface area contributed by atoms with Gasteiger partial charge >= 0.3 is 0 Å². The van der Waals surface area contributed by atoms with Crippen LogP contribution >= 0.6 is 0 Å². The molecule has 16 heavy (non-hydrogen) atoms. The molecule has 3 nitrogen and oxygen atoms in total. The van der Waals surface area contributed by atoms with Crippen LogP contribution in [0.1, 0.15) is 39.0 Å². The van der Waals surface area contributed by atoms with Gasteiger partial charge in [0.15, 0.2) is 0 Å². The van der Waals surface area contributed by atoms with Crippen molar-refractivity contribution in [2.45, 2.75) is 57.2 Å². The monoisotopic (exact) mass is 226 g/mol. The highest BCUT2D eigenvalue weighted by Crippen LogP contribution is 2.38. The zero-order valence-electron chi connectivity index (χ0n) is 10.7. The third-order valence-corrected chi connectivity index (χ3v) is 4.40. The Bertz CT molecular complexity index is 208. The third kappa shape index (κ3) is 2.58. The molecule has 2 rings (SSSR count). The Morgan fingerprint density at radius 2 is 1.94 bits per heavy atom. The summed E-state index contributed by atoms with van der Waals surface area (Å²) in [6, 6.07) is 1.84. The molecule has 0 aromatic carbocycles. The first kappa shape index (κ1) is 12.3. The molecule has 0 saturated carbocycles. The number of nitrogens with two attached hydrogens (primary N) is 1. The molecule has 0 aliphatic carbocycles. The summed E-state index contributed by atoms with van der Waals surface area (Å²) >= 11 is 0. The van der Waals surface area contributed by atoms with Crippen molar-refractivity contribution in [3.05, 3.63) is 0 Å². The number of fused-ring (bicyclic) bond motifs is 2. The summed E-state index contributed by atoms with van der Waals surface area (Å²) in [5.74, 6) is 0.686. The van der Waals surface area contributed by atoms with E-state index in [0.717, 1.165) is 31.7 Å². The molecule has 2 fully saturated rings. The van der Waals surface area contributed by atoms with Crippen molar-refractivity contribution < 1.29 is 4.74 Å². The fourth-order valence-electron chi connectivity index (χ4n) is 3.30. The van der Waals surface area contributed by atoms with Crippen molar-refractivity contribution in [2.24, 2.45) is 11.7 Å². The van der Waals surface area contributed by atoms with Gasteiger partial charge in [0, 0.05) is 24.7 Å². The summed E-state index contributed by atoms with van der Waals surface area (Å²) < 4.78 is 5.58. The maximum atomic E-state index is 6.24. The van der Waals surface area contributed by atoms with Gasteiger partial charge < -0.3 is 15.4 Å². The van der Waals surface area contributed by atoms with Gasteiger partial charge in [-0.2, -0.15) is 0 Å². The number of rotatable bonds is 5. The van der Waals surface area contributed by atoms with Gasteiger partial charge in [-0.25, -0.2) is 0 Å². The van der Waals surface area contributed by atoms with E-state index < -0.39 is 0 Å². The molecule has 0 spiro atoms. The van der Waals surface area contributed by atoms with Crippen molar-refractivity contribution in [1.82, 2.24) is 4.90 Å². The van der Waals surface area contributed by atoms with Gasteiger partial charge in [0.25, 0.3) is 0 Å². The maximum Gasteiger partial charge on any atom is 0.0620 e. The summed E-state index contributed by atoms with van der Waals surface area (Å²) in [4.78, 5) is 2.57. The number of hydrogen-bond acceptors (Lipinski definition) is 3. The number of ether oxygens (including phenoxy) is 1. The van der Waals surface area contributed by atoms with Gasteiger partial charge in [0.05, 0.1) is 6.61 Å². The first-order valence-corrected chi connectivity index (χ1v) is 6.77. The lowest BCUT2D eigenvalue weighted by Crippen LogP contribution is -2.46. The molecule has 0 radical (unpaired) electrons. The van der Waals surface area contributed by atoms with E-state index in [9.17, 15) is 0 Å². The van der Waals surface area contributed by atoms with Crippen molar-refractivity contribution in [3.63, 3.8) is 0 Å². The zero-order chi connectivity index (χ0) is 11.5. The second-order valence-electron chi connectivity index (χ2n) is 5.52. The standard InChI is InChI=1S/C13H26N2O/c1-3-6-16-9-13(14)10-7-11-4-5-12(8-10)15(11)2/h10-13H,3-9,14H2,1-2H3. The highest BCUT2D eigenvalue weighted by molar-refractivity contribution is 4.95. The summed E-state index contributed by atoms with van der Waals surface area (Å²) in [7, 11) is 2.28. The number of nitrogens with zero attached hydrogens (tertiary/aromatic N) is 1. The molecule has 3 unspecified atom stereocenters. The zero-order valence-corrected chi connectivity index (χ0v) is 10.7. The molecule has 3 heteroatoms. The molecule has 0 amide bonds. The van der Waals surface area contributed by atoms with Crippen LogP contribution in [0, 0.1) is 5.92 Å². The van der Waals surface area contributed by atoms with Gasteiger partial charge in [-0.1, -0.05) is 6.92 Å². The van der Waals surface area contributed by atoms with E-state index >= 15 is 0 Å². The quantitative estimate of drug-likeness (QED) is 0.724. The Morgan fingerprint density at radius 1 is 1.31 bits per heavy atom. The molecular formula is C13H26N2O. The predicted octanol–water partition coefficient (Wildman–Crippen LogP) is 1.61. The molecule has 0 aromatic heterocycles. The maximum absolute atomic E-state index is 6.24. The number of piperidine rings is 1. The van der Waals surface area contributed by atoms with E-state index in [1.165, 1.54) is 25.7 Å². The largest absolute Gasteiger partial charge is 0.380 e. The van der Waals surface area contributed by atoms with E-state index in [0.29, 0.717) is 5.92 Å². The van der Waals surface area contributed by atoms with Crippen LogP contribution in [0.2, 0.25) is 0 Å². The fraction of sp³-hybridized carbons (Fsp3) is 1.00. The third-order valence-electron chi connectivity index (χ3n) is 4.40. The molecule has 2 heterocycles. The van der Waals surface area contributed by atoms with Crippen LogP contribution in [-0.2, 0) is 4.74 Å². The molecule has 2 aliphatic heterocycles. The topological polar surface area (TPSA) is 38.5 Å². The van der Waals surface area contributed by atoms with Crippen LogP contribution < -0.4 is 5.73 Å². The molecular weight excluding hydrogens is 200 g/mol. The lowest BCUT2D eigenvalue weighted by atomic mass is 9.86. The van der Waals surface area contributed by atoms with Gasteiger partial charge in [-0.15, -0.1) is 0 Å². The van der Waals surface area contributed by atoms with Crippen LogP contribution in [0.15, 0.2) is 0 Å². The normalized spacial score (nSPS) is 36.6. The van der Waals surface area contributed by atoms with Gasteiger partial charge in [0.2, 0.25) is 0 Å². The summed E-state index contributed by atoms with van der Waals surface area (Å²) in [6.07, 6.45) is 6.40. The highest BCUT2D eigenvalue weighted by atomic mass is 16.5. The molecule has 2 N–H and O–H groups in total. The van der Waals surface area contributed by atoms with E-state index in [-0.39, 0.29) is 6.04 Å². The first-order chi connectivity index (χ1) is 7.72. The van der Waals surface area contributed by atoms with E-state index in [1.807, 2.05) is 0 Å². The smallest absolute Gasteiger partial charge is 0.0620 e. The van der Waals surface area contributed by atoms with E-state index in [4.69, 9.17) is 10.5 Å². The van der Waals surface area contributed by atoms with Crippen molar-refractivity contribution in [3.8, 4) is 0 Å².